The van der Waals surface area contributed by atoms with Gasteiger partial charge in [-0.1, -0.05) is 6.42 Å². The second-order valence-electron chi connectivity index (χ2n) is 5.01. The summed E-state index contributed by atoms with van der Waals surface area (Å²) in [6.45, 7) is 0.728. The van der Waals surface area contributed by atoms with Gasteiger partial charge in [0.05, 0.1) is 12.5 Å². The van der Waals surface area contributed by atoms with Crippen LogP contribution in [0.2, 0.25) is 0 Å². The minimum Gasteiger partial charge on any atom is -0.469 e. The number of hydrogen-bond acceptors (Lipinski definition) is 3. The van der Waals surface area contributed by atoms with Crippen LogP contribution in [0.1, 0.15) is 38.5 Å². The van der Waals surface area contributed by atoms with Crippen molar-refractivity contribution in [3.8, 4) is 0 Å². The van der Waals surface area contributed by atoms with Gasteiger partial charge < -0.3 is 10.5 Å². The van der Waals surface area contributed by atoms with Gasteiger partial charge in [-0.3, -0.25) is 4.79 Å². The van der Waals surface area contributed by atoms with Crippen molar-refractivity contribution in [1.82, 2.24) is 0 Å². The molecule has 0 saturated heterocycles. The van der Waals surface area contributed by atoms with E-state index in [0.29, 0.717) is 0 Å². The van der Waals surface area contributed by atoms with Crippen LogP contribution in [0.5, 0.6) is 0 Å². The Balaban J connectivity index is 2.20. The number of nitrogens with two attached hydrogens (primary N) is 1. The average molecular weight is 197 g/mol. The Kier molecular flexibility index (Phi) is 2.30. The Morgan fingerprint density at radius 1 is 1.36 bits per heavy atom. The molecule has 0 aliphatic heterocycles. The topological polar surface area (TPSA) is 52.3 Å². The Morgan fingerprint density at radius 3 is 2.79 bits per heavy atom. The first-order valence-electron chi connectivity index (χ1n) is 5.45. The Labute approximate surface area is 85.0 Å². The van der Waals surface area contributed by atoms with Crippen molar-refractivity contribution < 1.29 is 9.53 Å². The number of ether oxygens (including phenoxy) is 1. The van der Waals surface area contributed by atoms with Crippen LogP contribution in [0.25, 0.3) is 0 Å². The van der Waals surface area contributed by atoms with Crippen LogP contribution < -0.4 is 5.73 Å². The molecule has 2 rings (SSSR count). The maximum Gasteiger partial charge on any atom is 0.311 e. The van der Waals surface area contributed by atoms with Crippen molar-refractivity contribution in [1.29, 1.82) is 0 Å². The first kappa shape index (κ1) is 9.97. The van der Waals surface area contributed by atoms with E-state index >= 15 is 0 Å². The summed E-state index contributed by atoms with van der Waals surface area (Å²) in [4.78, 5) is 11.7. The lowest BCUT2D eigenvalue weighted by Crippen LogP contribution is -2.38. The monoisotopic (exact) mass is 197 g/mol. The molecule has 0 heterocycles. The number of carbonyl (C=O) groups is 1. The van der Waals surface area contributed by atoms with E-state index < -0.39 is 0 Å². The molecule has 2 N–H and O–H groups in total. The number of methoxy groups -OCH3 is 1. The molecule has 0 spiro atoms. The van der Waals surface area contributed by atoms with E-state index in [1.165, 1.54) is 13.5 Å². The summed E-state index contributed by atoms with van der Waals surface area (Å²) in [7, 11) is 1.49. The molecule has 0 aromatic rings. The van der Waals surface area contributed by atoms with Gasteiger partial charge in [0.25, 0.3) is 0 Å². The Hall–Kier alpha value is -0.570. The fourth-order valence-corrected chi connectivity index (χ4v) is 3.40. The minimum atomic E-state index is -0.174. The molecule has 0 aromatic heterocycles. The zero-order chi connectivity index (χ0) is 10.2. The van der Waals surface area contributed by atoms with E-state index in [2.05, 4.69) is 0 Å². The van der Waals surface area contributed by atoms with Gasteiger partial charge >= 0.3 is 5.97 Å². The predicted molar refractivity (Wildman–Crippen MR) is 53.6 cm³/mol. The predicted octanol–water partition coefficient (Wildman–Crippen LogP) is 1.46. The van der Waals surface area contributed by atoms with E-state index in [4.69, 9.17) is 10.5 Å². The van der Waals surface area contributed by atoms with Crippen LogP contribution in [0, 0.1) is 10.8 Å². The molecule has 0 amide bonds. The second kappa shape index (κ2) is 3.23. The molecule has 0 radical (unpaired) electrons. The molecule has 2 aliphatic rings. The van der Waals surface area contributed by atoms with Crippen molar-refractivity contribution in [2.75, 3.05) is 13.7 Å². The van der Waals surface area contributed by atoms with Crippen LogP contribution in [0.3, 0.4) is 0 Å². The summed E-state index contributed by atoms with van der Waals surface area (Å²) in [5, 5.41) is 0. The second-order valence-corrected chi connectivity index (χ2v) is 5.01. The van der Waals surface area contributed by atoms with E-state index in [9.17, 15) is 4.79 Å². The Bertz CT molecular complexity index is 254. The number of carbonyl (C=O) groups excluding carboxylic acids is 1. The van der Waals surface area contributed by atoms with Crippen molar-refractivity contribution in [2.45, 2.75) is 38.5 Å². The molecule has 2 bridgehead atoms. The van der Waals surface area contributed by atoms with E-state index in [1.54, 1.807) is 0 Å². The molecule has 2 aliphatic carbocycles. The van der Waals surface area contributed by atoms with Gasteiger partial charge in [0, 0.05) is 0 Å². The lowest BCUT2D eigenvalue weighted by atomic mass is 9.69. The third kappa shape index (κ3) is 1.26. The fourth-order valence-electron chi connectivity index (χ4n) is 3.40. The summed E-state index contributed by atoms with van der Waals surface area (Å²) >= 11 is 0. The highest BCUT2D eigenvalue weighted by Crippen LogP contribution is 2.58. The SMILES string of the molecule is COC(=O)C12CCCC(CN)(CC1)C2. The van der Waals surface area contributed by atoms with Crippen LogP contribution in [-0.2, 0) is 9.53 Å². The molecule has 80 valence electrons. The lowest BCUT2D eigenvalue weighted by molar-refractivity contribution is -0.154. The third-order valence-electron chi connectivity index (χ3n) is 4.26. The Morgan fingerprint density at radius 2 is 2.14 bits per heavy atom. The van der Waals surface area contributed by atoms with Gasteiger partial charge in [-0.25, -0.2) is 0 Å². The van der Waals surface area contributed by atoms with Gasteiger partial charge in [0.15, 0.2) is 0 Å². The van der Waals surface area contributed by atoms with Gasteiger partial charge in [-0.2, -0.15) is 0 Å². The summed E-state index contributed by atoms with van der Waals surface area (Å²) in [5.74, 6) is -0.00692. The quantitative estimate of drug-likeness (QED) is 0.682. The van der Waals surface area contributed by atoms with Crippen molar-refractivity contribution in [3.63, 3.8) is 0 Å². The molecule has 0 aromatic carbocycles. The molecule has 14 heavy (non-hydrogen) atoms. The standard InChI is InChI=1S/C11H19NO2/c1-14-9(13)11-4-2-3-10(7-11,8-12)5-6-11/h2-8,12H2,1H3. The first-order chi connectivity index (χ1) is 6.66. The van der Waals surface area contributed by atoms with Crippen LogP contribution in [-0.4, -0.2) is 19.6 Å². The molecule has 3 nitrogen and oxygen atoms in total. The van der Waals surface area contributed by atoms with Crippen molar-refractivity contribution >= 4 is 5.97 Å². The van der Waals surface area contributed by atoms with Gasteiger partial charge in [0.1, 0.15) is 0 Å². The molecule has 2 atom stereocenters. The summed E-state index contributed by atoms with van der Waals surface area (Å²) in [5.41, 5.74) is 5.91. The first-order valence-corrected chi connectivity index (χ1v) is 5.45. The largest absolute Gasteiger partial charge is 0.469 e. The van der Waals surface area contributed by atoms with E-state index in [1.807, 2.05) is 0 Å². The van der Waals surface area contributed by atoms with Gasteiger partial charge in [-0.05, 0) is 44.1 Å². The minimum absolute atomic E-state index is 0.00692. The fraction of sp³-hybridized carbons (Fsp3) is 0.909. The zero-order valence-electron chi connectivity index (χ0n) is 8.84. The molecular formula is C11H19NO2. The van der Waals surface area contributed by atoms with Gasteiger partial charge in [0.2, 0.25) is 0 Å². The summed E-state index contributed by atoms with van der Waals surface area (Å²) in [6, 6.07) is 0. The highest BCUT2D eigenvalue weighted by molar-refractivity contribution is 5.77. The lowest BCUT2D eigenvalue weighted by Gasteiger charge is -2.36. The highest BCUT2D eigenvalue weighted by Gasteiger charge is 2.54. The molecule has 2 unspecified atom stereocenters. The molecule has 2 saturated carbocycles. The van der Waals surface area contributed by atoms with E-state index in [0.717, 1.165) is 38.6 Å². The smallest absolute Gasteiger partial charge is 0.311 e. The molecule has 3 heteroatoms. The summed E-state index contributed by atoms with van der Waals surface area (Å²) < 4.78 is 4.92. The summed E-state index contributed by atoms with van der Waals surface area (Å²) in [6.07, 6.45) is 6.38. The maximum absolute atomic E-state index is 11.7. The number of esters is 1. The zero-order valence-corrected chi connectivity index (χ0v) is 8.84. The van der Waals surface area contributed by atoms with Crippen LogP contribution in [0.15, 0.2) is 0 Å². The normalized spacial score (nSPS) is 41.0. The van der Waals surface area contributed by atoms with Crippen LogP contribution >= 0.6 is 0 Å². The van der Waals surface area contributed by atoms with Crippen LogP contribution in [0.4, 0.5) is 0 Å². The average Bonchev–Trinajstić information content (AvgIpc) is 2.51. The number of hydrogen-bond donors (Lipinski definition) is 1. The molecular weight excluding hydrogens is 178 g/mol. The maximum atomic E-state index is 11.7. The van der Waals surface area contributed by atoms with Gasteiger partial charge in [-0.15, -0.1) is 0 Å². The van der Waals surface area contributed by atoms with Crippen molar-refractivity contribution in [2.24, 2.45) is 16.6 Å². The molecule has 2 fully saturated rings. The third-order valence-corrected chi connectivity index (χ3v) is 4.26. The number of rotatable bonds is 2. The van der Waals surface area contributed by atoms with E-state index in [-0.39, 0.29) is 16.8 Å². The van der Waals surface area contributed by atoms with Crippen molar-refractivity contribution in [3.05, 3.63) is 0 Å². The highest BCUT2D eigenvalue weighted by atomic mass is 16.5. The number of fused-ring (bicyclic) bond motifs is 2.